The molecule has 3 saturated heterocycles. The van der Waals surface area contributed by atoms with E-state index < -0.39 is 26.6 Å². The molecular formula is C39H50N4O5S. The molecule has 9 nitrogen and oxygen atoms in total. The molecule has 10 heteroatoms. The van der Waals surface area contributed by atoms with Crippen molar-refractivity contribution < 1.29 is 22.7 Å². The summed E-state index contributed by atoms with van der Waals surface area (Å²) >= 11 is 0. The summed E-state index contributed by atoms with van der Waals surface area (Å²) in [6.07, 6.45) is 12.6. The van der Waals surface area contributed by atoms with Crippen LogP contribution in [0.3, 0.4) is 0 Å². The monoisotopic (exact) mass is 686 g/mol. The zero-order valence-electron chi connectivity index (χ0n) is 29.0. The van der Waals surface area contributed by atoms with Gasteiger partial charge in [0, 0.05) is 48.2 Å². The van der Waals surface area contributed by atoms with E-state index in [1.54, 1.807) is 13.2 Å². The van der Waals surface area contributed by atoms with Crippen LogP contribution in [0.2, 0.25) is 0 Å². The quantitative estimate of drug-likeness (QED) is 0.278. The van der Waals surface area contributed by atoms with E-state index in [9.17, 15) is 18.0 Å². The van der Waals surface area contributed by atoms with Crippen LogP contribution in [0.5, 0.6) is 5.75 Å². The Bertz CT molecular complexity index is 1850. The molecule has 2 unspecified atom stereocenters. The largest absolute Gasteiger partial charge is 0.497 e. The minimum absolute atomic E-state index is 0.261. The molecule has 262 valence electrons. The molecule has 6 aliphatic rings. The lowest BCUT2D eigenvalue weighted by Gasteiger charge is -2.51. The van der Waals surface area contributed by atoms with E-state index in [0.717, 1.165) is 92.4 Å². The Labute approximate surface area is 290 Å². The van der Waals surface area contributed by atoms with Gasteiger partial charge in [0.2, 0.25) is 15.9 Å². The van der Waals surface area contributed by atoms with Crippen molar-refractivity contribution >= 4 is 32.7 Å². The number of piperazine rings is 1. The Morgan fingerprint density at radius 3 is 2.20 bits per heavy atom. The Hall–Kier alpha value is -3.37. The second kappa shape index (κ2) is 12.7. The zero-order valence-corrected chi connectivity index (χ0v) is 29.8. The summed E-state index contributed by atoms with van der Waals surface area (Å²) in [6, 6.07) is 14.6. The SMILES string of the molecule is COc1ccc(-c2c(C3CCCCC3)c3ccc(C(=O)NS(=O)(=O)C4CCCC4)cc3n2CC2(C(=O)N3CC4CCC3CN4C)CC2)cc1. The van der Waals surface area contributed by atoms with Gasteiger partial charge in [-0.2, -0.15) is 0 Å². The van der Waals surface area contributed by atoms with Crippen molar-refractivity contribution in [2.45, 2.75) is 113 Å². The van der Waals surface area contributed by atoms with E-state index in [0.29, 0.717) is 36.9 Å². The normalized spacial score (nSPS) is 24.4. The molecule has 9 rings (SSSR count). The number of nitrogens with one attached hydrogen (secondary N) is 1. The standard InChI is InChI=1S/C39H50N4O5S/c1-41-23-30-16-15-29(41)24-42(30)38(45)39(20-21-39)25-43-34-22-28(37(44)40-49(46,47)32-10-6-7-11-32)14-19-33(34)35(26-8-4-3-5-9-26)36(43)27-12-17-31(48-2)18-13-27/h12-14,17-19,22,26,29-30,32H,3-11,15-16,20-21,23-25H2,1-2H3,(H,40,44). The van der Waals surface area contributed by atoms with Gasteiger partial charge in [-0.1, -0.05) is 38.2 Å². The van der Waals surface area contributed by atoms with Crippen LogP contribution in [0, 0.1) is 5.41 Å². The predicted molar refractivity (Wildman–Crippen MR) is 191 cm³/mol. The Balaban J connectivity index is 1.24. The molecule has 3 aromatic rings. The van der Waals surface area contributed by atoms with Gasteiger partial charge in [-0.05, 0) is 112 Å². The third-order valence-corrected chi connectivity index (χ3v) is 14.4. The first-order valence-corrected chi connectivity index (χ1v) is 20.1. The van der Waals surface area contributed by atoms with E-state index in [2.05, 4.69) is 38.3 Å². The molecule has 2 atom stereocenters. The highest BCUT2D eigenvalue weighted by molar-refractivity contribution is 7.90. The van der Waals surface area contributed by atoms with Crippen molar-refractivity contribution in [2.24, 2.45) is 5.41 Å². The van der Waals surface area contributed by atoms with Crippen LogP contribution in [0.25, 0.3) is 22.2 Å². The van der Waals surface area contributed by atoms with Crippen LogP contribution < -0.4 is 9.46 Å². The first-order chi connectivity index (χ1) is 23.7. The Kier molecular flexibility index (Phi) is 8.54. The minimum atomic E-state index is -3.76. The number of methoxy groups -OCH3 is 1. The number of benzene rings is 2. The minimum Gasteiger partial charge on any atom is -0.497 e. The Morgan fingerprint density at radius 2 is 1.57 bits per heavy atom. The third-order valence-electron chi connectivity index (χ3n) is 12.6. The zero-order chi connectivity index (χ0) is 33.9. The molecule has 2 aromatic carbocycles. The summed E-state index contributed by atoms with van der Waals surface area (Å²) in [5.74, 6) is 0.828. The highest BCUT2D eigenvalue weighted by Crippen LogP contribution is 2.53. The summed E-state index contributed by atoms with van der Waals surface area (Å²) in [5, 5.41) is 0.573. The molecule has 0 spiro atoms. The lowest BCUT2D eigenvalue weighted by atomic mass is 9.81. The van der Waals surface area contributed by atoms with E-state index in [4.69, 9.17) is 4.74 Å². The van der Waals surface area contributed by atoms with E-state index in [1.165, 1.54) is 24.8 Å². The number of carbonyl (C=O) groups is 2. The van der Waals surface area contributed by atoms with E-state index in [1.807, 2.05) is 24.3 Å². The number of piperidine rings is 2. The second-order valence-electron chi connectivity index (χ2n) is 15.6. The second-order valence-corrected chi connectivity index (χ2v) is 17.5. The number of carbonyl (C=O) groups excluding carboxylic acids is 2. The van der Waals surface area contributed by atoms with Crippen LogP contribution in [0.1, 0.15) is 105 Å². The maximum atomic E-state index is 14.6. The fourth-order valence-electron chi connectivity index (χ4n) is 9.50. The number of hydrogen-bond acceptors (Lipinski definition) is 6. The van der Waals surface area contributed by atoms with Crippen molar-refractivity contribution in [1.29, 1.82) is 0 Å². The van der Waals surface area contributed by atoms with Crippen LogP contribution in [-0.2, 0) is 21.4 Å². The predicted octanol–water partition coefficient (Wildman–Crippen LogP) is 6.45. The molecule has 2 bridgehead atoms. The number of amides is 2. The van der Waals surface area contributed by atoms with Crippen molar-refractivity contribution in [1.82, 2.24) is 19.1 Å². The summed E-state index contributed by atoms with van der Waals surface area (Å²) in [7, 11) is 0.0887. The van der Waals surface area contributed by atoms with Gasteiger partial charge in [-0.25, -0.2) is 13.1 Å². The molecule has 1 N–H and O–H groups in total. The van der Waals surface area contributed by atoms with Crippen molar-refractivity contribution in [2.75, 3.05) is 27.2 Å². The van der Waals surface area contributed by atoms with Crippen LogP contribution in [0.4, 0.5) is 0 Å². The highest BCUT2D eigenvalue weighted by Gasteiger charge is 2.55. The molecule has 6 fully saturated rings. The Morgan fingerprint density at radius 1 is 0.878 bits per heavy atom. The number of hydrogen-bond donors (Lipinski definition) is 1. The summed E-state index contributed by atoms with van der Waals surface area (Å²) in [5.41, 5.74) is 4.20. The maximum Gasteiger partial charge on any atom is 0.264 e. The molecule has 3 saturated carbocycles. The van der Waals surface area contributed by atoms with Crippen LogP contribution in [0.15, 0.2) is 42.5 Å². The first kappa shape index (κ1) is 32.8. The van der Waals surface area contributed by atoms with E-state index in [-0.39, 0.29) is 11.9 Å². The number of nitrogens with zero attached hydrogens (tertiary/aromatic N) is 3. The van der Waals surface area contributed by atoms with Gasteiger partial charge in [0.05, 0.1) is 23.5 Å². The first-order valence-electron chi connectivity index (χ1n) is 18.6. The number of ether oxygens (including phenoxy) is 1. The topological polar surface area (TPSA) is 101 Å². The van der Waals surface area contributed by atoms with E-state index >= 15 is 0 Å². The summed E-state index contributed by atoms with van der Waals surface area (Å²) in [6.45, 7) is 2.27. The molecule has 1 aromatic heterocycles. The lowest BCUT2D eigenvalue weighted by molar-refractivity contribution is -0.147. The van der Waals surface area contributed by atoms with Crippen molar-refractivity contribution in [3.05, 3.63) is 53.6 Å². The molecular weight excluding hydrogens is 637 g/mol. The average molecular weight is 687 g/mol. The van der Waals surface area contributed by atoms with Gasteiger partial charge < -0.3 is 14.2 Å². The lowest BCUT2D eigenvalue weighted by Crippen LogP contribution is -2.64. The van der Waals surface area contributed by atoms with Gasteiger partial charge in [0.15, 0.2) is 0 Å². The molecule has 3 aliphatic heterocycles. The van der Waals surface area contributed by atoms with Crippen LogP contribution >= 0.6 is 0 Å². The number of fused-ring (bicyclic) bond motifs is 4. The number of rotatable bonds is 9. The summed E-state index contributed by atoms with van der Waals surface area (Å²) < 4.78 is 36.6. The van der Waals surface area contributed by atoms with Gasteiger partial charge in [0.25, 0.3) is 5.91 Å². The molecule has 49 heavy (non-hydrogen) atoms. The van der Waals surface area contributed by atoms with Crippen LogP contribution in [-0.4, -0.2) is 79.2 Å². The fraction of sp³-hybridized carbons (Fsp3) is 0.590. The maximum absolute atomic E-state index is 14.6. The summed E-state index contributed by atoms with van der Waals surface area (Å²) in [4.78, 5) is 32.8. The van der Waals surface area contributed by atoms with Crippen molar-refractivity contribution in [3.63, 3.8) is 0 Å². The third kappa shape index (κ3) is 5.96. The highest BCUT2D eigenvalue weighted by atomic mass is 32.2. The molecule has 2 amide bonds. The number of sulfonamides is 1. The van der Waals surface area contributed by atoms with Crippen molar-refractivity contribution in [3.8, 4) is 17.0 Å². The number of aromatic nitrogens is 1. The average Bonchev–Trinajstić information content (AvgIpc) is 3.53. The molecule has 4 heterocycles. The number of likely N-dealkylation sites (N-methyl/N-ethyl adjacent to an activating group) is 1. The van der Waals surface area contributed by atoms with Gasteiger partial charge in [-0.3, -0.25) is 14.5 Å². The molecule has 0 radical (unpaired) electrons. The van der Waals surface area contributed by atoms with Gasteiger partial charge in [0.1, 0.15) is 5.75 Å². The molecule has 3 aliphatic carbocycles. The van der Waals surface area contributed by atoms with Gasteiger partial charge >= 0.3 is 0 Å². The fourth-order valence-corrected chi connectivity index (χ4v) is 11.0. The smallest absolute Gasteiger partial charge is 0.264 e. The van der Waals surface area contributed by atoms with Gasteiger partial charge in [-0.15, -0.1) is 0 Å².